The summed E-state index contributed by atoms with van der Waals surface area (Å²) in [7, 11) is 3.15. The zero-order valence-electron chi connectivity index (χ0n) is 19.7. The lowest BCUT2D eigenvalue weighted by Crippen LogP contribution is -2.65. The molecule has 0 saturated heterocycles. The van der Waals surface area contributed by atoms with Gasteiger partial charge in [-0.25, -0.2) is 0 Å². The summed E-state index contributed by atoms with van der Waals surface area (Å²) in [5.74, 6) is -6.28. The highest BCUT2D eigenvalue weighted by atomic mass is 16.3. The molecule has 0 radical (unpaired) electrons. The number of hydrogen-bond donors (Lipinski definition) is 5. The van der Waals surface area contributed by atoms with E-state index in [1.165, 1.54) is 4.90 Å². The first-order valence-electron chi connectivity index (χ1n) is 11.4. The SMILES string of the molecule is CCCc1cc(C)c2c(c1O)C(O)=C1C(=O)C3(O)C(O)=C(C(N)=O)C(=O)C(N(C)C)C3CC1C2. The van der Waals surface area contributed by atoms with Gasteiger partial charge in [0.25, 0.3) is 5.91 Å². The lowest BCUT2D eigenvalue weighted by Gasteiger charge is -2.50. The second-order valence-electron chi connectivity index (χ2n) is 9.77. The fraction of sp³-hybridized carbons (Fsp3) is 0.480. The highest BCUT2D eigenvalue weighted by molar-refractivity contribution is 6.24. The number of carbonyl (C=O) groups is 3. The molecular formula is C25H30N2O7. The van der Waals surface area contributed by atoms with Gasteiger partial charge in [-0.05, 0) is 62.9 Å². The van der Waals surface area contributed by atoms with E-state index in [1.807, 2.05) is 19.9 Å². The number of hydrogen-bond acceptors (Lipinski definition) is 8. The van der Waals surface area contributed by atoms with E-state index in [9.17, 15) is 34.8 Å². The zero-order chi connectivity index (χ0) is 25.3. The number of aryl methyl sites for hydroxylation is 2. The molecular weight excluding hydrogens is 440 g/mol. The Bertz CT molecular complexity index is 1200. The van der Waals surface area contributed by atoms with Gasteiger partial charge in [0, 0.05) is 11.5 Å². The molecule has 9 nitrogen and oxygen atoms in total. The van der Waals surface area contributed by atoms with Gasteiger partial charge < -0.3 is 26.2 Å². The van der Waals surface area contributed by atoms with Gasteiger partial charge in [-0.1, -0.05) is 19.4 Å². The van der Waals surface area contributed by atoms with Crippen molar-refractivity contribution in [2.75, 3.05) is 14.1 Å². The molecule has 6 N–H and O–H groups in total. The number of primary amides is 1. The molecule has 182 valence electrons. The molecule has 4 rings (SSSR count). The number of ketones is 2. The molecule has 3 aliphatic rings. The molecule has 1 aromatic rings. The van der Waals surface area contributed by atoms with Crippen molar-refractivity contribution in [2.45, 2.75) is 51.2 Å². The second kappa shape index (κ2) is 7.95. The quantitative estimate of drug-likeness (QED) is 0.411. The number of Topliss-reactive ketones (excluding diaryl/α,β-unsaturated/α-hetero) is 2. The minimum absolute atomic E-state index is 0.0860. The minimum Gasteiger partial charge on any atom is -0.508 e. The molecule has 34 heavy (non-hydrogen) atoms. The first-order chi connectivity index (χ1) is 15.9. The number of likely N-dealkylation sites (N-methyl/N-ethyl adjacent to an activating group) is 1. The van der Waals surface area contributed by atoms with E-state index in [2.05, 4.69) is 0 Å². The molecule has 0 aromatic heterocycles. The summed E-state index contributed by atoms with van der Waals surface area (Å²) >= 11 is 0. The number of carbonyl (C=O) groups excluding carboxylic acids is 3. The predicted octanol–water partition coefficient (Wildman–Crippen LogP) is 1.22. The fourth-order valence-corrected chi connectivity index (χ4v) is 6.03. The van der Waals surface area contributed by atoms with Crippen molar-refractivity contribution in [3.05, 3.63) is 45.2 Å². The van der Waals surface area contributed by atoms with Gasteiger partial charge >= 0.3 is 0 Å². The molecule has 0 bridgehead atoms. The van der Waals surface area contributed by atoms with Gasteiger partial charge in [-0.2, -0.15) is 0 Å². The summed E-state index contributed by atoms with van der Waals surface area (Å²) in [6.07, 6.45) is 1.73. The number of aromatic hydroxyl groups is 1. The smallest absolute Gasteiger partial charge is 0.255 e. The number of benzene rings is 1. The lowest BCUT2D eigenvalue weighted by molar-refractivity contribution is -0.153. The average Bonchev–Trinajstić information content (AvgIpc) is 2.74. The van der Waals surface area contributed by atoms with Crippen LogP contribution in [0.3, 0.4) is 0 Å². The third-order valence-electron chi connectivity index (χ3n) is 7.54. The van der Waals surface area contributed by atoms with E-state index in [1.54, 1.807) is 14.1 Å². The predicted molar refractivity (Wildman–Crippen MR) is 123 cm³/mol. The molecule has 1 fully saturated rings. The van der Waals surface area contributed by atoms with Crippen LogP contribution in [0, 0.1) is 18.8 Å². The van der Waals surface area contributed by atoms with Crippen molar-refractivity contribution >= 4 is 23.2 Å². The normalized spacial score (nSPS) is 28.7. The standard InChI is InChI=1S/C25H30N2O7/c1-5-6-11-7-10(2)13-8-12-9-14-18(27(3)4)21(30)17(24(26)33)23(32)25(14,34)22(31)15(12)20(29)16(13)19(11)28/h7,12,14,18,28-29,32,34H,5-6,8-9H2,1-4H3,(H2,26,33). The first kappa shape index (κ1) is 24.0. The van der Waals surface area contributed by atoms with E-state index in [-0.39, 0.29) is 23.3 Å². The molecule has 1 aromatic carbocycles. The van der Waals surface area contributed by atoms with Crippen molar-refractivity contribution in [3.63, 3.8) is 0 Å². The van der Waals surface area contributed by atoms with Crippen molar-refractivity contribution in [1.82, 2.24) is 4.90 Å². The van der Waals surface area contributed by atoms with Gasteiger partial charge in [0.1, 0.15) is 22.8 Å². The number of amides is 1. The van der Waals surface area contributed by atoms with Crippen LogP contribution in [0.25, 0.3) is 5.76 Å². The third kappa shape index (κ3) is 3.03. The minimum atomic E-state index is -2.61. The van der Waals surface area contributed by atoms with Crippen LogP contribution < -0.4 is 5.73 Å². The van der Waals surface area contributed by atoms with Crippen LogP contribution >= 0.6 is 0 Å². The molecule has 0 spiro atoms. The van der Waals surface area contributed by atoms with Gasteiger partial charge in [-0.3, -0.25) is 19.3 Å². The van der Waals surface area contributed by atoms with Crippen molar-refractivity contribution in [2.24, 2.45) is 17.6 Å². The Kier molecular flexibility index (Phi) is 5.61. The van der Waals surface area contributed by atoms with Crippen molar-refractivity contribution in [1.29, 1.82) is 0 Å². The van der Waals surface area contributed by atoms with Crippen molar-refractivity contribution < 1.29 is 34.8 Å². The van der Waals surface area contributed by atoms with Crippen LogP contribution in [-0.2, 0) is 27.2 Å². The topological polar surface area (TPSA) is 161 Å². The van der Waals surface area contributed by atoms with E-state index in [0.29, 0.717) is 24.0 Å². The van der Waals surface area contributed by atoms with Crippen LogP contribution in [0.15, 0.2) is 23.0 Å². The molecule has 3 aliphatic carbocycles. The second-order valence-corrected chi connectivity index (χ2v) is 9.77. The zero-order valence-corrected chi connectivity index (χ0v) is 19.7. The maximum atomic E-state index is 13.8. The number of phenolic OH excluding ortho intramolecular Hbond substituents is 1. The highest BCUT2D eigenvalue weighted by Crippen LogP contribution is 2.53. The van der Waals surface area contributed by atoms with Crippen LogP contribution in [0.4, 0.5) is 0 Å². The Hall–Kier alpha value is -3.17. The highest BCUT2D eigenvalue weighted by Gasteiger charge is 2.64. The number of nitrogens with zero attached hydrogens (tertiary/aromatic N) is 1. The summed E-state index contributed by atoms with van der Waals surface area (Å²) in [6, 6.07) is 0.788. The van der Waals surface area contributed by atoms with E-state index < -0.39 is 58.0 Å². The molecule has 4 unspecified atom stereocenters. The largest absolute Gasteiger partial charge is 0.508 e. The number of aliphatic hydroxyl groups excluding tert-OH is 2. The monoisotopic (exact) mass is 470 g/mol. The van der Waals surface area contributed by atoms with E-state index in [4.69, 9.17) is 5.73 Å². The van der Waals surface area contributed by atoms with Crippen molar-refractivity contribution in [3.8, 4) is 5.75 Å². The lowest BCUT2D eigenvalue weighted by atomic mass is 9.57. The third-order valence-corrected chi connectivity index (χ3v) is 7.54. The van der Waals surface area contributed by atoms with Gasteiger partial charge in [0.2, 0.25) is 5.78 Å². The van der Waals surface area contributed by atoms with E-state index in [0.717, 1.165) is 12.0 Å². The molecule has 1 amide bonds. The summed E-state index contributed by atoms with van der Waals surface area (Å²) in [6.45, 7) is 3.83. The van der Waals surface area contributed by atoms with Crippen LogP contribution in [0.2, 0.25) is 0 Å². The number of rotatable bonds is 4. The molecule has 0 aliphatic heterocycles. The molecule has 1 saturated carbocycles. The fourth-order valence-electron chi connectivity index (χ4n) is 6.03. The number of aliphatic hydroxyl groups is 3. The van der Waals surface area contributed by atoms with Crippen LogP contribution in [0.5, 0.6) is 5.75 Å². The Balaban J connectivity index is 1.98. The molecule has 4 atom stereocenters. The molecule has 9 heteroatoms. The molecule has 0 heterocycles. The maximum absolute atomic E-state index is 13.8. The number of phenols is 1. The summed E-state index contributed by atoms with van der Waals surface area (Å²) in [5, 5.41) is 44.6. The van der Waals surface area contributed by atoms with E-state index >= 15 is 0 Å². The number of nitrogens with two attached hydrogens (primary N) is 1. The summed E-state index contributed by atoms with van der Waals surface area (Å²) < 4.78 is 0. The van der Waals surface area contributed by atoms with Gasteiger partial charge in [0.15, 0.2) is 11.4 Å². The summed E-state index contributed by atoms with van der Waals surface area (Å²) in [4.78, 5) is 40.3. The average molecular weight is 471 g/mol. The Morgan fingerprint density at radius 2 is 1.88 bits per heavy atom. The Labute approximate surface area is 197 Å². The van der Waals surface area contributed by atoms with Crippen LogP contribution in [0.1, 0.15) is 42.0 Å². The van der Waals surface area contributed by atoms with Gasteiger partial charge in [0.05, 0.1) is 11.6 Å². The van der Waals surface area contributed by atoms with Gasteiger partial charge in [-0.15, -0.1) is 0 Å². The van der Waals surface area contributed by atoms with Crippen LogP contribution in [-0.4, -0.2) is 68.5 Å². The Morgan fingerprint density at radius 3 is 2.44 bits per heavy atom. The maximum Gasteiger partial charge on any atom is 0.255 e. The summed E-state index contributed by atoms with van der Waals surface area (Å²) in [5.41, 5.74) is 4.12. The number of fused-ring (bicyclic) bond motifs is 3. The first-order valence-corrected chi connectivity index (χ1v) is 11.4. The Morgan fingerprint density at radius 1 is 1.24 bits per heavy atom.